The summed E-state index contributed by atoms with van der Waals surface area (Å²) >= 11 is 0. The Morgan fingerprint density at radius 3 is 2.50 bits per heavy atom. The molecule has 0 fully saturated rings. The summed E-state index contributed by atoms with van der Waals surface area (Å²) < 4.78 is 42.8. The molecule has 0 radical (unpaired) electrons. The van der Waals surface area contributed by atoms with Crippen molar-refractivity contribution in [3.63, 3.8) is 0 Å². The summed E-state index contributed by atoms with van der Waals surface area (Å²) in [5.41, 5.74) is 0.380. The lowest BCUT2D eigenvalue weighted by Gasteiger charge is -2.09. The van der Waals surface area contributed by atoms with Crippen molar-refractivity contribution >= 4 is 18.0 Å². The van der Waals surface area contributed by atoms with Gasteiger partial charge >= 0.3 is 18.1 Å². The Hall–Kier alpha value is -3.10. The van der Waals surface area contributed by atoms with Gasteiger partial charge in [0.05, 0.1) is 19.0 Å². The number of hydrogen-bond donors (Lipinski definition) is 1. The zero-order valence-corrected chi connectivity index (χ0v) is 12.4. The van der Waals surface area contributed by atoms with Crippen LogP contribution in [-0.2, 0) is 14.3 Å². The first-order valence-corrected chi connectivity index (χ1v) is 6.59. The molecule has 0 bridgehead atoms. The van der Waals surface area contributed by atoms with Crippen molar-refractivity contribution in [2.75, 3.05) is 7.11 Å². The van der Waals surface area contributed by atoms with Crippen LogP contribution >= 0.6 is 0 Å². The largest absolute Gasteiger partial charge is 0.471 e. The number of hydrogen-bond acceptors (Lipinski definition) is 4. The van der Waals surface area contributed by atoms with E-state index in [0.29, 0.717) is 5.56 Å². The molecule has 1 aromatic heterocycles. The van der Waals surface area contributed by atoms with Gasteiger partial charge < -0.3 is 10.1 Å². The number of aromatic nitrogens is 2. The monoisotopic (exact) mass is 339 g/mol. The molecule has 2 rings (SSSR count). The fourth-order valence-corrected chi connectivity index (χ4v) is 1.75. The molecule has 0 spiro atoms. The minimum atomic E-state index is -5.12. The van der Waals surface area contributed by atoms with Gasteiger partial charge in [0.1, 0.15) is 5.70 Å². The van der Waals surface area contributed by atoms with Gasteiger partial charge in [0.25, 0.3) is 0 Å². The molecule has 9 heteroatoms. The number of ether oxygens (including phenoxy) is 1. The van der Waals surface area contributed by atoms with Crippen LogP contribution in [0.1, 0.15) is 5.56 Å². The molecule has 1 N–H and O–H groups in total. The molecule has 0 saturated carbocycles. The van der Waals surface area contributed by atoms with Crippen molar-refractivity contribution in [3.05, 3.63) is 54.0 Å². The lowest BCUT2D eigenvalue weighted by Crippen LogP contribution is -2.38. The van der Waals surface area contributed by atoms with E-state index in [9.17, 15) is 22.8 Å². The molecular weight excluding hydrogens is 327 g/mol. The highest BCUT2D eigenvalue weighted by Gasteiger charge is 2.39. The lowest BCUT2D eigenvalue weighted by molar-refractivity contribution is -0.173. The summed E-state index contributed by atoms with van der Waals surface area (Å²) in [5, 5.41) is 5.53. The molecule has 24 heavy (non-hydrogen) atoms. The average molecular weight is 339 g/mol. The van der Waals surface area contributed by atoms with E-state index < -0.39 is 23.7 Å². The highest BCUT2D eigenvalue weighted by atomic mass is 19.4. The van der Waals surface area contributed by atoms with Crippen molar-refractivity contribution in [2.24, 2.45) is 0 Å². The van der Waals surface area contributed by atoms with Crippen molar-refractivity contribution in [1.82, 2.24) is 15.1 Å². The predicted molar refractivity (Wildman–Crippen MR) is 77.8 cm³/mol. The van der Waals surface area contributed by atoms with Gasteiger partial charge in [0, 0.05) is 11.8 Å². The number of benzene rings is 1. The van der Waals surface area contributed by atoms with Crippen LogP contribution < -0.4 is 5.32 Å². The minimum Gasteiger partial charge on any atom is -0.464 e. The molecule has 0 unspecified atom stereocenters. The Kier molecular flexibility index (Phi) is 5.02. The van der Waals surface area contributed by atoms with Gasteiger partial charge in [-0.25, -0.2) is 9.48 Å². The number of halogens is 3. The molecule has 2 aromatic rings. The number of para-hydroxylation sites is 1. The molecule has 0 saturated heterocycles. The molecule has 0 aliphatic rings. The summed E-state index contributed by atoms with van der Waals surface area (Å²) in [5.74, 6) is -3.38. The van der Waals surface area contributed by atoms with Crippen molar-refractivity contribution < 1.29 is 27.5 Å². The van der Waals surface area contributed by atoms with Gasteiger partial charge in [-0.1, -0.05) is 18.2 Å². The average Bonchev–Trinajstić information content (AvgIpc) is 3.02. The van der Waals surface area contributed by atoms with Crippen LogP contribution in [0.3, 0.4) is 0 Å². The predicted octanol–water partition coefficient (Wildman–Crippen LogP) is 2.06. The van der Waals surface area contributed by atoms with Crippen molar-refractivity contribution in [2.45, 2.75) is 6.18 Å². The van der Waals surface area contributed by atoms with E-state index >= 15 is 0 Å². The van der Waals surface area contributed by atoms with Crippen LogP contribution in [0.15, 0.2) is 48.4 Å². The fraction of sp³-hybridized carbons (Fsp3) is 0.133. The van der Waals surface area contributed by atoms with Crippen LogP contribution in [0.2, 0.25) is 0 Å². The number of esters is 1. The molecule has 1 amide bonds. The number of nitrogens with one attached hydrogen (secondary N) is 1. The Morgan fingerprint density at radius 1 is 1.25 bits per heavy atom. The molecule has 0 aliphatic carbocycles. The molecule has 6 nitrogen and oxygen atoms in total. The third-order valence-electron chi connectivity index (χ3n) is 2.85. The van der Waals surface area contributed by atoms with E-state index in [0.717, 1.165) is 18.9 Å². The van der Waals surface area contributed by atoms with E-state index in [1.54, 1.807) is 24.3 Å². The molecule has 0 atom stereocenters. The Bertz CT molecular complexity index is 767. The van der Waals surface area contributed by atoms with Crippen molar-refractivity contribution in [1.29, 1.82) is 0 Å². The topological polar surface area (TPSA) is 73.2 Å². The summed E-state index contributed by atoms with van der Waals surface area (Å²) in [4.78, 5) is 22.6. The second kappa shape index (κ2) is 6.99. The molecule has 1 aromatic carbocycles. The Labute approximate surface area is 134 Å². The van der Waals surface area contributed by atoms with Crippen LogP contribution in [0.5, 0.6) is 0 Å². The number of rotatable bonds is 4. The third kappa shape index (κ3) is 4.22. The maximum absolute atomic E-state index is 12.3. The number of carbonyl (C=O) groups is 2. The van der Waals surface area contributed by atoms with Gasteiger partial charge in [-0.2, -0.15) is 18.3 Å². The zero-order valence-electron chi connectivity index (χ0n) is 12.4. The number of carbonyl (C=O) groups excluding carboxylic acids is 2. The summed E-state index contributed by atoms with van der Waals surface area (Å²) in [6, 6.07) is 8.93. The molecule has 0 aliphatic heterocycles. The standard InChI is InChI=1S/C15H12F3N3O3/c1-24-13(22)12(20-14(23)15(16,17)18)7-10-8-19-21(9-10)11-5-3-2-4-6-11/h2-9H,1H3,(H,20,23)/b12-7+. The maximum atomic E-state index is 12.3. The van der Waals surface area contributed by atoms with E-state index in [-0.39, 0.29) is 0 Å². The number of amides is 1. The van der Waals surface area contributed by atoms with E-state index in [1.807, 2.05) is 6.07 Å². The Morgan fingerprint density at radius 2 is 1.92 bits per heavy atom. The minimum absolute atomic E-state index is 0.307. The van der Waals surface area contributed by atoms with Crippen LogP contribution in [0.25, 0.3) is 11.8 Å². The number of methoxy groups -OCH3 is 1. The van der Waals surface area contributed by atoms with Gasteiger partial charge in [0.15, 0.2) is 0 Å². The zero-order chi connectivity index (χ0) is 17.7. The molecular formula is C15H12F3N3O3. The lowest BCUT2D eigenvalue weighted by atomic mass is 10.2. The van der Waals surface area contributed by atoms with Gasteiger partial charge in [0.2, 0.25) is 0 Å². The van der Waals surface area contributed by atoms with E-state index in [2.05, 4.69) is 9.84 Å². The SMILES string of the molecule is COC(=O)/C(=C\c1cnn(-c2ccccc2)c1)NC(=O)C(F)(F)F. The van der Waals surface area contributed by atoms with E-state index in [1.165, 1.54) is 22.4 Å². The van der Waals surface area contributed by atoms with E-state index in [4.69, 9.17) is 0 Å². The first kappa shape index (κ1) is 17.3. The summed E-state index contributed by atoms with van der Waals surface area (Å²) in [6.07, 6.45) is -1.27. The first-order valence-electron chi connectivity index (χ1n) is 6.59. The van der Waals surface area contributed by atoms with Gasteiger partial charge in [-0.15, -0.1) is 0 Å². The van der Waals surface area contributed by atoms with Crippen LogP contribution in [0, 0.1) is 0 Å². The highest BCUT2D eigenvalue weighted by molar-refractivity contribution is 5.99. The third-order valence-corrected chi connectivity index (χ3v) is 2.85. The number of alkyl halides is 3. The van der Waals surface area contributed by atoms with Crippen LogP contribution in [0.4, 0.5) is 13.2 Å². The summed E-state index contributed by atoms with van der Waals surface area (Å²) in [7, 11) is 0.989. The van der Waals surface area contributed by atoms with Crippen LogP contribution in [-0.4, -0.2) is 34.9 Å². The Balaban J connectivity index is 2.28. The van der Waals surface area contributed by atoms with Gasteiger partial charge in [-0.05, 0) is 18.2 Å². The molecule has 126 valence electrons. The highest BCUT2D eigenvalue weighted by Crippen LogP contribution is 2.16. The number of nitrogens with zero attached hydrogens (tertiary/aromatic N) is 2. The molecule has 1 heterocycles. The smallest absolute Gasteiger partial charge is 0.464 e. The fourth-order valence-electron chi connectivity index (χ4n) is 1.75. The maximum Gasteiger partial charge on any atom is 0.471 e. The summed E-state index contributed by atoms with van der Waals surface area (Å²) in [6.45, 7) is 0. The quantitative estimate of drug-likeness (QED) is 0.684. The second-order valence-corrected chi connectivity index (χ2v) is 4.56. The normalized spacial score (nSPS) is 11.9. The van der Waals surface area contributed by atoms with Crippen molar-refractivity contribution in [3.8, 4) is 5.69 Å². The first-order chi connectivity index (χ1) is 11.3. The van der Waals surface area contributed by atoms with Gasteiger partial charge in [-0.3, -0.25) is 4.79 Å². The second-order valence-electron chi connectivity index (χ2n) is 4.56.